The molecule has 0 saturated heterocycles. The van der Waals surface area contributed by atoms with Crippen molar-refractivity contribution in [3.05, 3.63) is 156 Å². The molecule has 9 rings (SSSR count). The molecule has 0 unspecified atom stereocenters. The van der Waals surface area contributed by atoms with Crippen LogP contribution in [0, 0.1) is 11.3 Å². The van der Waals surface area contributed by atoms with Crippen molar-refractivity contribution in [3.8, 4) is 51.1 Å². The summed E-state index contributed by atoms with van der Waals surface area (Å²) >= 11 is 1.76. The summed E-state index contributed by atoms with van der Waals surface area (Å²) in [7, 11) is 0. The standard InChI is InChI=1S/C44H29N3OS/c1-44(2)35-22-15-27(26-45)23-41(35)49-42-32(12-8-13-36(42)44)28-16-18-29(19-17-28)37-25-38(47-43(46-37)30-9-4-3-5-10-30)31-20-21-34-33-11-6-7-14-39(33)48-40(34)24-31/h3-25H,1-2H3. The third kappa shape index (κ3) is 4.92. The Morgan fingerprint density at radius 3 is 2.12 bits per heavy atom. The van der Waals surface area contributed by atoms with Crippen molar-refractivity contribution in [2.75, 3.05) is 0 Å². The quantitative estimate of drug-likeness (QED) is 0.190. The van der Waals surface area contributed by atoms with E-state index in [1.54, 1.807) is 11.8 Å². The molecule has 4 nitrogen and oxygen atoms in total. The second kappa shape index (κ2) is 11.3. The maximum Gasteiger partial charge on any atom is 0.160 e. The first kappa shape index (κ1) is 29.2. The van der Waals surface area contributed by atoms with Gasteiger partial charge in [-0.15, -0.1) is 0 Å². The van der Waals surface area contributed by atoms with Gasteiger partial charge in [-0.3, -0.25) is 0 Å². The topological polar surface area (TPSA) is 62.7 Å². The van der Waals surface area contributed by atoms with Gasteiger partial charge in [-0.05, 0) is 58.7 Å². The maximum absolute atomic E-state index is 9.58. The van der Waals surface area contributed by atoms with E-state index in [2.05, 4.69) is 98.8 Å². The van der Waals surface area contributed by atoms with Gasteiger partial charge in [0.15, 0.2) is 5.82 Å². The molecule has 3 heterocycles. The Kier molecular flexibility index (Phi) is 6.75. The first-order valence-electron chi connectivity index (χ1n) is 16.3. The number of nitrogens with zero attached hydrogens (tertiary/aromatic N) is 3. The van der Waals surface area contributed by atoms with E-state index in [-0.39, 0.29) is 5.41 Å². The first-order chi connectivity index (χ1) is 24.0. The van der Waals surface area contributed by atoms with Crippen LogP contribution in [-0.4, -0.2) is 9.97 Å². The minimum atomic E-state index is -0.184. The molecule has 5 heteroatoms. The van der Waals surface area contributed by atoms with Crippen LogP contribution in [0.1, 0.15) is 30.5 Å². The molecule has 0 radical (unpaired) electrons. The summed E-state index contributed by atoms with van der Waals surface area (Å²) in [5.41, 5.74) is 11.7. The summed E-state index contributed by atoms with van der Waals surface area (Å²) in [4.78, 5) is 12.5. The molecule has 0 amide bonds. The molecule has 0 saturated carbocycles. The van der Waals surface area contributed by atoms with Crippen LogP contribution in [-0.2, 0) is 5.41 Å². The van der Waals surface area contributed by atoms with Crippen LogP contribution in [0.15, 0.2) is 154 Å². The molecule has 1 aliphatic rings. The number of rotatable bonds is 4. The van der Waals surface area contributed by atoms with Gasteiger partial charge in [-0.25, -0.2) is 9.97 Å². The van der Waals surface area contributed by atoms with Gasteiger partial charge in [-0.1, -0.05) is 129 Å². The Labute approximate surface area is 288 Å². The third-order valence-corrected chi connectivity index (χ3v) is 10.8. The van der Waals surface area contributed by atoms with Crippen molar-refractivity contribution in [2.45, 2.75) is 29.1 Å². The lowest BCUT2D eigenvalue weighted by molar-refractivity contribution is 0.608. The van der Waals surface area contributed by atoms with Crippen molar-refractivity contribution >= 4 is 33.7 Å². The van der Waals surface area contributed by atoms with Crippen LogP contribution < -0.4 is 0 Å². The molecule has 0 spiro atoms. The van der Waals surface area contributed by atoms with Crippen LogP contribution in [0.25, 0.3) is 67.0 Å². The van der Waals surface area contributed by atoms with Gasteiger partial charge in [0, 0.05) is 42.7 Å². The molecule has 6 aromatic carbocycles. The van der Waals surface area contributed by atoms with Gasteiger partial charge in [0.05, 0.1) is 23.0 Å². The molecular weight excluding hydrogens is 619 g/mol. The van der Waals surface area contributed by atoms with Crippen molar-refractivity contribution < 1.29 is 4.42 Å². The van der Waals surface area contributed by atoms with Gasteiger partial charge in [-0.2, -0.15) is 5.26 Å². The second-order valence-electron chi connectivity index (χ2n) is 12.9. The van der Waals surface area contributed by atoms with E-state index in [1.165, 1.54) is 21.6 Å². The van der Waals surface area contributed by atoms with Crippen LogP contribution in [0.2, 0.25) is 0 Å². The van der Waals surface area contributed by atoms with E-state index in [1.807, 2.05) is 60.7 Å². The first-order valence-corrected chi connectivity index (χ1v) is 17.1. The fourth-order valence-corrected chi connectivity index (χ4v) is 8.55. The number of benzene rings is 6. The largest absolute Gasteiger partial charge is 0.456 e. The van der Waals surface area contributed by atoms with Crippen LogP contribution >= 0.6 is 11.8 Å². The molecule has 1 aliphatic heterocycles. The van der Waals surface area contributed by atoms with Gasteiger partial charge in [0.2, 0.25) is 0 Å². The molecular formula is C44H29N3OS. The van der Waals surface area contributed by atoms with Crippen molar-refractivity contribution in [1.29, 1.82) is 5.26 Å². The van der Waals surface area contributed by atoms with E-state index in [0.717, 1.165) is 60.5 Å². The zero-order valence-corrected chi connectivity index (χ0v) is 27.8. The number of nitriles is 1. The predicted octanol–water partition coefficient (Wildman–Crippen LogP) is 11.7. The fraction of sp³-hybridized carbons (Fsp3) is 0.0682. The molecule has 0 fully saturated rings. The molecule has 49 heavy (non-hydrogen) atoms. The SMILES string of the molecule is CC1(C)c2ccc(C#N)cc2Sc2c(-c3ccc(-c4cc(-c5ccc6c(c5)oc5ccccc56)nc(-c5ccccc5)n4)cc3)cccc21. The van der Waals surface area contributed by atoms with Gasteiger partial charge in [0.1, 0.15) is 11.2 Å². The van der Waals surface area contributed by atoms with E-state index in [9.17, 15) is 5.26 Å². The summed E-state index contributed by atoms with van der Waals surface area (Å²) in [6.07, 6.45) is 0. The van der Waals surface area contributed by atoms with E-state index < -0.39 is 0 Å². The van der Waals surface area contributed by atoms with Gasteiger partial charge >= 0.3 is 0 Å². The highest BCUT2D eigenvalue weighted by molar-refractivity contribution is 7.99. The lowest BCUT2D eigenvalue weighted by Gasteiger charge is -2.35. The minimum Gasteiger partial charge on any atom is -0.456 e. The summed E-state index contributed by atoms with van der Waals surface area (Å²) in [5.74, 6) is 0.674. The zero-order chi connectivity index (χ0) is 33.1. The van der Waals surface area contributed by atoms with Crippen molar-refractivity contribution in [1.82, 2.24) is 9.97 Å². The smallest absolute Gasteiger partial charge is 0.160 e. The molecule has 0 N–H and O–H groups in total. The average molecular weight is 648 g/mol. The molecule has 0 aliphatic carbocycles. The Hall–Kier alpha value is -5.96. The fourth-order valence-electron chi connectivity index (χ4n) is 6.98. The van der Waals surface area contributed by atoms with Crippen molar-refractivity contribution in [3.63, 3.8) is 0 Å². The van der Waals surface area contributed by atoms with E-state index in [0.29, 0.717) is 11.4 Å². The monoisotopic (exact) mass is 647 g/mol. The minimum absolute atomic E-state index is 0.184. The lowest BCUT2D eigenvalue weighted by atomic mass is 9.76. The Morgan fingerprint density at radius 2 is 1.31 bits per heavy atom. The zero-order valence-electron chi connectivity index (χ0n) is 26.9. The third-order valence-electron chi connectivity index (χ3n) is 9.61. The molecule has 0 bridgehead atoms. The average Bonchev–Trinajstić information content (AvgIpc) is 3.53. The predicted molar refractivity (Wildman–Crippen MR) is 198 cm³/mol. The van der Waals surface area contributed by atoms with Gasteiger partial charge < -0.3 is 4.42 Å². The van der Waals surface area contributed by atoms with Gasteiger partial charge in [0.25, 0.3) is 0 Å². The number of aromatic nitrogens is 2. The maximum atomic E-state index is 9.58. The summed E-state index contributed by atoms with van der Waals surface area (Å²) in [5, 5.41) is 11.8. The summed E-state index contributed by atoms with van der Waals surface area (Å²) < 4.78 is 6.22. The van der Waals surface area contributed by atoms with Crippen LogP contribution in [0.5, 0.6) is 0 Å². The number of fused-ring (bicyclic) bond motifs is 5. The Morgan fingerprint density at radius 1 is 0.592 bits per heavy atom. The number of para-hydroxylation sites is 1. The second-order valence-corrected chi connectivity index (χ2v) is 14.0. The highest BCUT2D eigenvalue weighted by atomic mass is 32.2. The lowest BCUT2D eigenvalue weighted by Crippen LogP contribution is -2.24. The summed E-state index contributed by atoms with van der Waals surface area (Å²) in [6.45, 7) is 4.54. The molecule has 0 atom stereocenters. The van der Waals surface area contributed by atoms with E-state index in [4.69, 9.17) is 14.4 Å². The molecule has 8 aromatic rings. The normalized spacial score (nSPS) is 13.2. The Balaban J connectivity index is 1.13. The van der Waals surface area contributed by atoms with Crippen LogP contribution in [0.4, 0.5) is 0 Å². The molecule has 2 aromatic heterocycles. The number of furan rings is 1. The Bertz CT molecular complexity index is 2610. The number of hydrogen-bond acceptors (Lipinski definition) is 5. The van der Waals surface area contributed by atoms with Crippen molar-refractivity contribution in [2.24, 2.45) is 0 Å². The van der Waals surface area contributed by atoms with E-state index >= 15 is 0 Å². The number of hydrogen-bond donors (Lipinski definition) is 0. The highest BCUT2D eigenvalue weighted by Crippen LogP contribution is 2.52. The highest BCUT2D eigenvalue weighted by Gasteiger charge is 2.34. The summed E-state index contributed by atoms with van der Waals surface area (Å²) in [6, 6.07) is 50.3. The molecule has 232 valence electrons. The van der Waals surface area contributed by atoms with Crippen LogP contribution in [0.3, 0.4) is 0 Å².